The molecule has 1 amide bonds. The van der Waals surface area contributed by atoms with Crippen molar-refractivity contribution in [2.75, 3.05) is 11.2 Å². The van der Waals surface area contributed by atoms with Crippen LogP contribution in [0.5, 0.6) is 0 Å². The van der Waals surface area contributed by atoms with Gasteiger partial charge in [-0.15, -0.1) is 11.6 Å². The summed E-state index contributed by atoms with van der Waals surface area (Å²) >= 11 is 5.45. The van der Waals surface area contributed by atoms with Crippen LogP contribution in [0.25, 0.3) is 0 Å². The zero-order valence-corrected chi connectivity index (χ0v) is 8.55. The Morgan fingerprint density at radius 1 is 1.43 bits per heavy atom. The monoisotopic (exact) mass is 212 g/mol. The summed E-state index contributed by atoms with van der Waals surface area (Å²) in [4.78, 5) is 11.2. The molecule has 14 heavy (non-hydrogen) atoms. The molecular formula is C10H13ClN2O. The number of rotatable bonds is 4. The first kappa shape index (κ1) is 11.0. The lowest BCUT2D eigenvalue weighted by Gasteiger charge is -2.08. The van der Waals surface area contributed by atoms with Crippen molar-refractivity contribution in [2.45, 2.75) is 13.0 Å². The van der Waals surface area contributed by atoms with E-state index in [1.807, 2.05) is 24.3 Å². The van der Waals surface area contributed by atoms with Crippen LogP contribution in [0.3, 0.4) is 0 Å². The van der Waals surface area contributed by atoms with E-state index in [0.717, 1.165) is 11.3 Å². The number of halogens is 1. The van der Waals surface area contributed by atoms with Crippen molar-refractivity contribution in [1.29, 1.82) is 0 Å². The number of carbonyl (C=O) groups excluding carboxylic acids is 1. The van der Waals surface area contributed by atoms with Crippen molar-refractivity contribution in [3.05, 3.63) is 29.8 Å². The molecule has 0 saturated carbocycles. The van der Waals surface area contributed by atoms with Crippen LogP contribution in [0, 0.1) is 0 Å². The Labute approximate surface area is 88.2 Å². The molecule has 0 aromatic heterocycles. The van der Waals surface area contributed by atoms with Gasteiger partial charge in [0.25, 0.3) is 0 Å². The Balaban J connectivity index is 2.70. The Morgan fingerprint density at radius 2 is 2.14 bits per heavy atom. The van der Waals surface area contributed by atoms with Crippen molar-refractivity contribution in [3.8, 4) is 0 Å². The molecule has 76 valence electrons. The molecule has 3 N–H and O–H groups in total. The predicted molar refractivity (Wildman–Crippen MR) is 58.3 cm³/mol. The fraction of sp³-hybridized carbons (Fsp3) is 0.300. The lowest BCUT2D eigenvalue weighted by atomic mass is 10.2. The molecule has 1 aromatic rings. The highest BCUT2D eigenvalue weighted by Crippen LogP contribution is 2.14. The number of nitrogens with two attached hydrogens (primary N) is 1. The van der Waals surface area contributed by atoms with Gasteiger partial charge < -0.3 is 11.1 Å². The number of carbonyl (C=O) groups is 1. The summed E-state index contributed by atoms with van der Waals surface area (Å²) < 4.78 is 0. The molecule has 0 unspecified atom stereocenters. The molecule has 1 aromatic carbocycles. The Hall–Kier alpha value is -1.06. The van der Waals surface area contributed by atoms with E-state index in [-0.39, 0.29) is 5.91 Å². The third-order valence-electron chi connectivity index (χ3n) is 1.83. The maximum absolute atomic E-state index is 11.2. The number of nitrogens with one attached hydrogen (secondary N) is 1. The summed E-state index contributed by atoms with van der Waals surface area (Å²) in [5.74, 6) is 0.247. The number of hydrogen-bond acceptors (Lipinski definition) is 2. The van der Waals surface area contributed by atoms with E-state index in [1.165, 1.54) is 0 Å². The summed E-state index contributed by atoms with van der Waals surface area (Å²) in [5, 5.41) is 2.76. The molecule has 0 aliphatic heterocycles. The molecule has 0 radical (unpaired) electrons. The van der Waals surface area contributed by atoms with Crippen molar-refractivity contribution in [2.24, 2.45) is 5.73 Å². The highest BCUT2D eigenvalue weighted by Gasteiger charge is 2.03. The van der Waals surface area contributed by atoms with E-state index in [1.54, 1.807) is 0 Å². The molecule has 1 rings (SSSR count). The Kier molecular flexibility index (Phi) is 4.43. The van der Waals surface area contributed by atoms with Gasteiger partial charge in [0.15, 0.2) is 0 Å². The van der Waals surface area contributed by atoms with E-state index in [9.17, 15) is 4.79 Å². The standard InChI is InChI=1S/C10H13ClN2O/c11-6-5-10(14)13-9-4-2-1-3-8(9)7-12/h1-4H,5-7,12H2,(H,13,14). The van der Waals surface area contributed by atoms with Gasteiger partial charge in [-0.05, 0) is 11.6 Å². The van der Waals surface area contributed by atoms with Gasteiger partial charge in [0.2, 0.25) is 5.91 Å². The van der Waals surface area contributed by atoms with Crippen molar-refractivity contribution < 1.29 is 4.79 Å². The normalized spacial score (nSPS) is 9.86. The first-order valence-electron chi connectivity index (χ1n) is 4.41. The van der Waals surface area contributed by atoms with Crippen LogP contribution in [0.4, 0.5) is 5.69 Å². The fourth-order valence-corrected chi connectivity index (χ4v) is 1.29. The zero-order chi connectivity index (χ0) is 10.4. The van der Waals surface area contributed by atoms with E-state index < -0.39 is 0 Å². The van der Waals surface area contributed by atoms with Gasteiger partial charge in [-0.2, -0.15) is 0 Å². The van der Waals surface area contributed by atoms with Crippen LogP contribution in [0.1, 0.15) is 12.0 Å². The van der Waals surface area contributed by atoms with Crippen LogP contribution in [0.2, 0.25) is 0 Å². The molecule has 0 bridgehead atoms. The van der Waals surface area contributed by atoms with Crippen LogP contribution >= 0.6 is 11.6 Å². The predicted octanol–water partition coefficient (Wildman–Crippen LogP) is 1.71. The van der Waals surface area contributed by atoms with Gasteiger partial charge in [-0.1, -0.05) is 18.2 Å². The third-order valence-corrected chi connectivity index (χ3v) is 2.02. The summed E-state index contributed by atoms with van der Waals surface area (Å²) in [6.45, 7) is 0.414. The van der Waals surface area contributed by atoms with Gasteiger partial charge in [0.1, 0.15) is 0 Å². The number of amides is 1. The van der Waals surface area contributed by atoms with Gasteiger partial charge in [0.05, 0.1) is 0 Å². The van der Waals surface area contributed by atoms with Gasteiger partial charge in [0, 0.05) is 24.5 Å². The quantitative estimate of drug-likeness (QED) is 0.747. The minimum Gasteiger partial charge on any atom is -0.326 e. The minimum atomic E-state index is -0.0825. The van der Waals surface area contributed by atoms with Crippen LogP contribution in [0.15, 0.2) is 24.3 Å². The van der Waals surface area contributed by atoms with Crippen molar-refractivity contribution in [1.82, 2.24) is 0 Å². The first-order chi connectivity index (χ1) is 6.77. The lowest BCUT2D eigenvalue weighted by Crippen LogP contribution is -2.14. The fourth-order valence-electron chi connectivity index (χ4n) is 1.12. The lowest BCUT2D eigenvalue weighted by molar-refractivity contribution is -0.115. The first-order valence-corrected chi connectivity index (χ1v) is 4.95. The molecule has 4 heteroatoms. The number of hydrogen-bond donors (Lipinski definition) is 2. The van der Waals surface area contributed by atoms with Gasteiger partial charge >= 0.3 is 0 Å². The maximum Gasteiger partial charge on any atom is 0.225 e. The minimum absolute atomic E-state index is 0.0825. The topological polar surface area (TPSA) is 55.1 Å². The maximum atomic E-state index is 11.2. The second kappa shape index (κ2) is 5.62. The third kappa shape index (κ3) is 3.01. The van der Waals surface area contributed by atoms with E-state index in [4.69, 9.17) is 17.3 Å². The molecule has 3 nitrogen and oxygen atoms in total. The van der Waals surface area contributed by atoms with Crippen LogP contribution in [-0.2, 0) is 11.3 Å². The molecule has 0 heterocycles. The molecule has 0 fully saturated rings. The van der Waals surface area contributed by atoms with Crippen molar-refractivity contribution >= 4 is 23.2 Å². The van der Waals surface area contributed by atoms with E-state index >= 15 is 0 Å². The van der Waals surface area contributed by atoms with Gasteiger partial charge in [-0.3, -0.25) is 4.79 Å². The largest absolute Gasteiger partial charge is 0.326 e. The number of alkyl halides is 1. The summed E-state index contributed by atoms with van der Waals surface area (Å²) in [6.07, 6.45) is 0.320. The number of benzene rings is 1. The summed E-state index contributed by atoms with van der Waals surface area (Å²) in [5.41, 5.74) is 7.22. The molecule has 0 aliphatic rings. The average molecular weight is 213 g/mol. The summed E-state index contributed by atoms with van der Waals surface area (Å²) in [7, 11) is 0. The highest BCUT2D eigenvalue weighted by atomic mass is 35.5. The molecule has 0 saturated heterocycles. The Bertz CT molecular complexity index is 315. The zero-order valence-electron chi connectivity index (χ0n) is 7.79. The number of anilines is 1. The Morgan fingerprint density at radius 3 is 2.79 bits per heavy atom. The van der Waals surface area contributed by atoms with Crippen molar-refractivity contribution in [3.63, 3.8) is 0 Å². The average Bonchev–Trinajstić information content (AvgIpc) is 2.19. The smallest absolute Gasteiger partial charge is 0.225 e. The number of para-hydroxylation sites is 1. The molecule has 0 aliphatic carbocycles. The molecule has 0 spiro atoms. The van der Waals surface area contributed by atoms with Gasteiger partial charge in [-0.25, -0.2) is 0 Å². The van der Waals surface area contributed by atoms with E-state index in [2.05, 4.69) is 5.32 Å². The summed E-state index contributed by atoms with van der Waals surface area (Å²) in [6, 6.07) is 7.46. The SMILES string of the molecule is NCc1ccccc1NC(=O)CCCl. The van der Waals surface area contributed by atoms with Crippen LogP contribution < -0.4 is 11.1 Å². The molecular weight excluding hydrogens is 200 g/mol. The second-order valence-electron chi connectivity index (χ2n) is 2.85. The van der Waals surface area contributed by atoms with E-state index in [0.29, 0.717) is 18.8 Å². The second-order valence-corrected chi connectivity index (χ2v) is 3.23. The molecule has 0 atom stereocenters. The van der Waals surface area contributed by atoms with Crippen LogP contribution in [-0.4, -0.2) is 11.8 Å². The highest BCUT2D eigenvalue weighted by molar-refractivity contribution is 6.19.